The maximum Gasteiger partial charge on any atom is 0.328 e. The largest absolute Gasteiger partial charge is 0.370 e. The number of nitrogens with zero attached hydrogens (tertiary/aromatic N) is 3. The molecule has 2 amide bonds. The zero-order valence-corrected chi connectivity index (χ0v) is 18.1. The second-order valence-corrected chi connectivity index (χ2v) is 8.13. The highest BCUT2D eigenvalue weighted by Gasteiger charge is 2.20. The lowest BCUT2D eigenvalue weighted by atomic mass is 10.1. The predicted molar refractivity (Wildman–Crippen MR) is 123 cm³/mol. The van der Waals surface area contributed by atoms with Gasteiger partial charge in [0.2, 0.25) is 0 Å². The van der Waals surface area contributed by atoms with Crippen LogP contribution in [0.25, 0.3) is 11.0 Å². The van der Waals surface area contributed by atoms with Crippen molar-refractivity contribution in [3.8, 4) is 0 Å². The van der Waals surface area contributed by atoms with Crippen LogP contribution in [-0.2, 0) is 14.1 Å². The smallest absolute Gasteiger partial charge is 0.328 e. The lowest BCUT2D eigenvalue weighted by molar-refractivity contribution is 0.262. The fourth-order valence-electron chi connectivity index (χ4n) is 4.19. The van der Waals surface area contributed by atoms with Gasteiger partial charge in [-0.1, -0.05) is 12.1 Å². The number of amides is 2. The molecular weight excluding hydrogens is 378 g/mol. The van der Waals surface area contributed by atoms with E-state index in [4.69, 9.17) is 0 Å². The van der Waals surface area contributed by atoms with Gasteiger partial charge in [0.15, 0.2) is 0 Å². The summed E-state index contributed by atoms with van der Waals surface area (Å²) in [5.74, 6) is 0. The van der Waals surface area contributed by atoms with Crippen molar-refractivity contribution < 1.29 is 4.79 Å². The molecule has 7 nitrogen and oxygen atoms in total. The molecule has 1 aliphatic heterocycles. The molecule has 1 aliphatic rings. The van der Waals surface area contributed by atoms with Crippen molar-refractivity contribution in [1.82, 2.24) is 9.13 Å². The number of hydrogen-bond acceptors (Lipinski definition) is 3. The molecule has 0 bridgehead atoms. The first-order valence-electron chi connectivity index (χ1n) is 10.5. The summed E-state index contributed by atoms with van der Waals surface area (Å²) in [7, 11) is 3.54. The van der Waals surface area contributed by atoms with Crippen LogP contribution < -0.4 is 21.2 Å². The first kappa shape index (κ1) is 20.1. The van der Waals surface area contributed by atoms with Gasteiger partial charge in [-0.05, 0) is 62.4 Å². The molecule has 2 heterocycles. The van der Waals surface area contributed by atoms with Crippen LogP contribution in [0.2, 0.25) is 0 Å². The van der Waals surface area contributed by atoms with Crippen LogP contribution in [0.4, 0.5) is 21.9 Å². The number of carbonyl (C=O) groups is 1. The Morgan fingerprint density at radius 3 is 2.23 bits per heavy atom. The Bertz CT molecular complexity index is 1170. The standard InChI is InChI=1S/C23H29N5O2/c1-15-9-8-10-17(16(15)2)24-22(29)25-18-13-20-21(27(4)23(30)26(20)3)14-19(18)28-11-6-5-7-12-28/h8-10,13-14H,5-7,11-12H2,1-4H3,(H2,24,25,29). The maximum absolute atomic E-state index is 12.9. The number of nitrogens with one attached hydrogen (secondary N) is 2. The van der Waals surface area contributed by atoms with E-state index in [1.807, 2.05) is 44.2 Å². The number of hydrogen-bond donors (Lipinski definition) is 2. The lowest BCUT2D eigenvalue weighted by Crippen LogP contribution is -2.31. The van der Waals surface area contributed by atoms with E-state index in [1.165, 1.54) is 6.42 Å². The van der Waals surface area contributed by atoms with Gasteiger partial charge < -0.3 is 15.5 Å². The SMILES string of the molecule is Cc1cccc(NC(=O)Nc2cc3c(cc2N2CCCCC2)n(C)c(=O)n3C)c1C. The number of benzene rings is 2. The highest BCUT2D eigenvalue weighted by atomic mass is 16.2. The molecule has 2 aromatic carbocycles. The minimum Gasteiger partial charge on any atom is -0.370 e. The molecule has 4 rings (SSSR count). The van der Waals surface area contributed by atoms with Gasteiger partial charge in [0.25, 0.3) is 0 Å². The van der Waals surface area contributed by atoms with Gasteiger partial charge in [-0.15, -0.1) is 0 Å². The molecule has 0 radical (unpaired) electrons. The molecule has 0 saturated carbocycles. The topological polar surface area (TPSA) is 71.3 Å². The van der Waals surface area contributed by atoms with Gasteiger partial charge in [0, 0.05) is 32.9 Å². The molecule has 7 heteroatoms. The summed E-state index contributed by atoms with van der Waals surface area (Å²) in [5.41, 5.74) is 6.22. The van der Waals surface area contributed by atoms with E-state index in [0.29, 0.717) is 5.69 Å². The average Bonchev–Trinajstić information content (AvgIpc) is 2.95. The zero-order valence-electron chi connectivity index (χ0n) is 18.1. The molecule has 158 valence electrons. The van der Waals surface area contributed by atoms with E-state index in [-0.39, 0.29) is 11.7 Å². The Kier molecular flexibility index (Phi) is 5.28. The number of urea groups is 1. The van der Waals surface area contributed by atoms with E-state index in [1.54, 1.807) is 23.2 Å². The number of rotatable bonds is 3. The minimum absolute atomic E-state index is 0.0772. The molecular formula is C23H29N5O2. The number of aryl methyl sites for hydroxylation is 3. The van der Waals surface area contributed by atoms with E-state index in [2.05, 4.69) is 15.5 Å². The summed E-state index contributed by atoms with van der Waals surface area (Å²) >= 11 is 0. The normalized spacial score (nSPS) is 14.2. The van der Waals surface area contributed by atoms with Crippen molar-refractivity contribution in [2.24, 2.45) is 14.1 Å². The van der Waals surface area contributed by atoms with Gasteiger partial charge in [0.1, 0.15) is 0 Å². The lowest BCUT2D eigenvalue weighted by Gasteiger charge is -2.30. The van der Waals surface area contributed by atoms with Crippen LogP contribution in [0, 0.1) is 13.8 Å². The van der Waals surface area contributed by atoms with Crippen molar-refractivity contribution in [1.29, 1.82) is 0 Å². The molecule has 0 spiro atoms. The van der Waals surface area contributed by atoms with Gasteiger partial charge in [-0.3, -0.25) is 9.13 Å². The van der Waals surface area contributed by atoms with Gasteiger partial charge in [0.05, 0.1) is 22.4 Å². The van der Waals surface area contributed by atoms with Crippen LogP contribution in [-0.4, -0.2) is 28.3 Å². The third-order valence-corrected chi connectivity index (χ3v) is 6.19. The highest BCUT2D eigenvalue weighted by Crippen LogP contribution is 2.33. The van der Waals surface area contributed by atoms with Crippen molar-refractivity contribution in [3.63, 3.8) is 0 Å². The molecule has 0 atom stereocenters. The minimum atomic E-state index is -0.290. The zero-order chi connectivity index (χ0) is 21.4. The Labute approximate surface area is 176 Å². The molecule has 1 fully saturated rings. The quantitative estimate of drug-likeness (QED) is 0.686. The van der Waals surface area contributed by atoms with E-state index >= 15 is 0 Å². The van der Waals surface area contributed by atoms with E-state index < -0.39 is 0 Å². The third-order valence-electron chi connectivity index (χ3n) is 6.19. The van der Waals surface area contributed by atoms with E-state index in [0.717, 1.165) is 59.5 Å². The first-order valence-corrected chi connectivity index (χ1v) is 10.5. The van der Waals surface area contributed by atoms with Crippen molar-refractivity contribution in [2.45, 2.75) is 33.1 Å². The molecule has 1 aromatic heterocycles. The predicted octanol–water partition coefficient (Wildman–Crippen LogP) is 4.13. The molecule has 1 saturated heterocycles. The fourth-order valence-corrected chi connectivity index (χ4v) is 4.19. The van der Waals surface area contributed by atoms with Gasteiger partial charge in [-0.25, -0.2) is 9.59 Å². The van der Waals surface area contributed by atoms with Crippen LogP contribution in [0.3, 0.4) is 0 Å². The first-order chi connectivity index (χ1) is 14.4. The molecule has 0 unspecified atom stereocenters. The van der Waals surface area contributed by atoms with Crippen molar-refractivity contribution in [2.75, 3.05) is 28.6 Å². The number of imidazole rings is 1. The molecule has 2 N–H and O–H groups in total. The van der Waals surface area contributed by atoms with Crippen LogP contribution in [0.5, 0.6) is 0 Å². The molecule has 3 aromatic rings. The summed E-state index contributed by atoms with van der Waals surface area (Å²) in [4.78, 5) is 27.6. The summed E-state index contributed by atoms with van der Waals surface area (Å²) in [5, 5.41) is 6.00. The van der Waals surface area contributed by atoms with E-state index in [9.17, 15) is 9.59 Å². The Morgan fingerprint density at radius 1 is 0.900 bits per heavy atom. The third kappa shape index (κ3) is 3.56. The Hall–Kier alpha value is -3.22. The fraction of sp³-hybridized carbons (Fsp3) is 0.391. The summed E-state index contributed by atoms with van der Waals surface area (Å²) in [6.07, 6.45) is 3.47. The van der Waals surface area contributed by atoms with Gasteiger partial charge >= 0.3 is 11.7 Å². The Balaban J connectivity index is 1.72. The summed E-state index contributed by atoms with van der Waals surface area (Å²) < 4.78 is 3.27. The van der Waals surface area contributed by atoms with Crippen LogP contribution >= 0.6 is 0 Å². The number of fused-ring (bicyclic) bond motifs is 1. The second-order valence-electron chi connectivity index (χ2n) is 8.13. The van der Waals surface area contributed by atoms with Crippen molar-refractivity contribution in [3.05, 3.63) is 51.9 Å². The Morgan fingerprint density at radius 2 is 1.53 bits per heavy atom. The average molecular weight is 408 g/mol. The summed E-state index contributed by atoms with van der Waals surface area (Å²) in [6.45, 7) is 5.91. The molecule has 30 heavy (non-hydrogen) atoms. The maximum atomic E-state index is 12.9. The van der Waals surface area contributed by atoms with Crippen LogP contribution in [0.1, 0.15) is 30.4 Å². The second kappa shape index (κ2) is 7.89. The number of piperidine rings is 1. The summed E-state index contributed by atoms with van der Waals surface area (Å²) in [6, 6.07) is 9.50. The number of aromatic nitrogens is 2. The number of carbonyl (C=O) groups excluding carboxylic acids is 1. The number of anilines is 3. The van der Waals surface area contributed by atoms with Crippen molar-refractivity contribution >= 4 is 34.1 Å². The monoisotopic (exact) mass is 407 g/mol. The van der Waals surface area contributed by atoms with Gasteiger partial charge in [-0.2, -0.15) is 0 Å². The molecule has 0 aliphatic carbocycles. The highest BCUT2D eigenvalue weighted by molar-refractivity contribution is 6.04. The van der Waals surface area contributed by atoms with Crippen LogP contribution in [0.15, 0.2) is 35.1 Å².